The third-order valence-corrected chi connectivity index (χ3v) is 3.12. The van der Waals surface area contributed by atoms with Gasteiger partial charge in [-0.15, -0.1) is 0 Å². The minimum atomic E-state index is -0.915. The van der Waals surface area contributed by atoms with Gasteiger partial charge in [-0.25, -0.2) is 9.78 Å². The van der Waals surface area contributed by atoms with E-state index in [9.17, 15) is 4.79 Å². The summed E-state index contributed by atoms with van der Waals surface area (Å²) in [5.74, 6) is -0.915. The van der Waals surface area contributed by atoms with E-state index in [4.69, 9.17) is 9.84 Å². The van der Waals surface area contributed by atoms with Gasteiger partial charge in [-0.2, -0.15) is 0 Å². The fraction of sp³-hybridized carbons (Fsp3) is 0.333. The lowest BCUT2D eigenvalue weighted by Crippen LogP contribution is -2.07. The molecule has 5 nitrogen and oxygen atoms in total. The molecule has 0 spiro atoms. The monoisotopic (exact) mass is 232 g/mol. The normalized spacial score (nSPS) is 19.9. The summed E-state index contributed by atoms with van der Waals surface area (Å²) in [5.41, 5.74) is 1.97. The number of hydrogen-bond acceptors (Lipinski definition) is 3. The minimum absolute atomic E-state index is 0.268. The van der Waals surface area contributed by atoms with Gasteiger partial charge in [0.15, 0.2) is 0 Å². The summed E-state index contributed by atoms with van der Waals surface area (Å²) >= 11 is 0. The number of carbonyl (C=O) groups is 1. The van der Waals surface area contributed by atoms with E-state index in [1.807, 2.05) is 4.57 Å². The molecule has 2 heterocycles. The molecule has 1 fully saturated rings. The van der Waals surface area contributed by atoms with Crippen LogP contribution in [0.25, 0.3) is 11.0 Å². The smallest absolute Gasteiger partial charge is 0.335 e. The fourth-order valence-electron chi connectivity index (χ4n) is 2.19. The summed E-state index contributed by atoms with van der Waals surface area (Å²) in [5, 5.41) is 8.98. The van der Waals surface area contributed by atoms with Gasteiger partial charge in [0, 0.05) is 6.61 Å². The Kier molecular flexibility index (Phi) is 2.33. The third-order valence-electron chi connectivity index (χ3n) is 3.12. The van der Waals surface area contributed by atoms with E-state index < -0.39 is 5.97 Å². The van der Waals surface area contributed by atoms with Crippen LogP contribution in [-0.4, -0.2) is 33.8 Å². The molecule has 0 saturated carbocycles. The van der Waals surface area contributed by atoms with Crippen molar-refractivity contribution in [3.8, 4) is 0 Å². The molecule has 1 saturated heterocycles. The first kappa shape index (κ1) is 10.3. The van der Waals surface area contributed by atoms with Gasteiger partial charge in [0.25, 0.3) is 0 Å². The Morgan fingerprint density at radius 1 is 1.53 bits per heavy atom. The molecule has 88 valence electrons. The van der Waals surface area contributed by atoms with Crippen molar-refractivity contribution in [3.05, 3.63) is 30.1 Å². The van der Waals surface area contributed by atoms with E-state index in [1.165, 1.54) is 0 Å². The van der Waals surface area contributed by atoms with Crippen LogP contribution in [0.4, 0.5) is 0 Å². The van der Waals surface area contributed by atoms with E-state index in [0.717, 1.165) is 24.1 Å². The maximum atomic E-state index is 10.9. The van der Waals surface area contributed by atoms with Gasteiger partial charge in [-0.05, 0) is 24.6 Å². The van der Waals surface area contributed by atoms with Gasteiger partial charge in [0.2, 0.25) is 0 Å². The molecule has 0 aliphatic carbocycles. The van der Waals surface area contributed by atoms with Gasteiger partial charge in [0.05, 0.1) is 35.6 Å². The van der Waals surface area contributed by atoms with E-state index in [2.05, 4.69) is 4.98 Å². The predicted molar refractivity (Wildman–Crippen MR) is 61.2 cm³/mol. The van der Waals surface area contributed by atoms with Crippen LogP contribution in [0.5, 0.6) is 0 Å². The molecule has 1 aliphatic rings. The number of carboxylic acid groups (broad SMARTS) is 1. The van der Waals surface area contributed by atoms with Crippen molar-refractivity contribution in [1.82, 2.24) is 9.55 Å². The quantitative estimate of drug-likeness (QED) is 0.855. The molecule has 0 amide bonds. The van der Waals surface area contributed by atoms with Crippen LogP contribution in [0.1, 0.15) is 22.8 Å². The van der Waals surface area contributed by atoms with Gasteiger partial charge in [-0.1, -0.05) is 0 Å². The van der Waals surface area contributed by atoms with E-state index in [0.29, 0.717) is 6.61 Å². The van der Waals surface area contributed by atoms with E-state index in [-0.39, 0.29) is 11.6 Å². The molecule has 1 unspecified atom stereocenters. The minimum Gasteiger partial charge on any atom is -0.478 e. The Balaban J connectivity index is 2.11. The largest absolute Gasteiger partial charge is 0.478 e. The number of benzene rings is 1. The van der Waals surface area contributed by atoms with Crippen molar-refractivity contribution < 1.29 is 14.6 Å². The highest BCUT2D eigenvalue weighted by Gasteiger charge is 2.19. The lowest BCUT2D eigenvalue weighted by Gasteiger charge is -2.10. The molecule has 1 atom stereocenters. The van der Waals surface area contributed by atoms with Crippen LogP contribution in [0.15, 0.2) is 24.5 Å². The van der Waals surface area contributed by atoms with Crippen molar-refractivity contribution >= 4 is 17.0 Å². The average Bonchev–Trinajstić information content (AvgIpc) is 2.96. The first-order chi connectivity index (χ1) is 8.25. The molecule has 2 aromatic rings. The summed E-state index contributed by atoms with van der Waals surface area (Å²) in [6.07, 6.45) is 2.71. The highest BCUT2D eigenvalue weighted by molar-refractivity contribution is 5.92. The summed E-state index contributed by atoms with van der Waals surface area (Å²) in [4.78, 5) is 15.2. The number of ether oxygens (including phenoxy) is 1. The first-order valence-electron chi connectivity index (χ1n) is 5.53. The lowest BCUT2D eigenvalue weighted by atomic mass is 10.2. The van der Waals surface area contributed by atoms with Crippen molar-refractivity contribution in [1.29, 1.82) is 0 Å². The first-order valence-corrected chi connectivity index (χ1v) is 5.53. The van der Waals surface area contributed by atoms with Crippen LogP contribution in [0.2, 0.25) is 0 Å². The van der Waals surface area contributed by atoms with E-state index >= 15 is 0 Å². The molecule has 0 bridgehead atoms. The fourth-order valence-corrected chi connectivity index (χ4v) is 2.19. The van der Waals surface area contributed by atoms with Gasteiger partial charge in [0.1, 0.15) is 0 Å². The predicted octanol–water partition coefficient (Wildman–Crippen LogP) is 1.70. The SMILES string of the molecule is O=C(O)c1ccc2ncn(C3CCOC3)c2c1. The average molecular weight is 232 g/mol. The molecular formula is C12H12N2O3. The number of carboxylic acids is 1. The topological polar surface area (TPSA) is 64.3 Å². The second kappa shape index (κ2) is 3.85. The zero-order valence-corrected chi connectivity index (χ0v) is 9.17. The van der Waals surface area contributed by atoms with Crippen molar-refractivity contribution in [3.63, 3.8) is 0 Å². The Hall–Kier alpha value is -1.88. The number of aromatic carboxylic acids is 1. The number of imidazole rings is 1. The number of fused-ring (bicyclic) bond motifs is 1. The van der Waals surface area contributed by atoms with Crippen LogP contribution in [-0.2, 0) is 4.74 Å². The Morgan fingerprint density at radius 2 is 2.41 bits per heavy atom. The number of aromatic nitrogens is 2. The molecule has 1 aliphatic heterocycles. The third kappa shape index (κ3) is 1.68. The standard InChI is InChI=1S/C12H12N2O3/c15-12(16)8-1-2-10-11(5-8)14(7-13-10)9-3-4-17-6-9/h1-2,5,7,9H,3-4,6H2,(H,15,16). The van der Waals surface area contributed by atoms with Crippen LogP contribution in [0, 0.1) is 0 Å². The molecule has 5 heteroatoms. The lowest BCUT2D eigenvalue weighted by molar-refractivity contribution is 0.0697. The Morgan fingerprint density at radius 3 is 3.12 bits per heavy atom. The molecule has 17 heavy (non-hydrogen) atoms. The number of nitrogens with zero attached hydrogens (tertiary/aromatic N) is 2. The molecule has 1 aromatic heterocycles. The molecule has 1 N–H and O–H groups in total. The molecule has 3 rings (SSSR count). The van der Waals surface area contributed by atoms with Crippen LogP contribution in [0.3, 0.4) is 0 Å². The van der Waals surface area contributed by atoms with Gasteiger partial charge >= 0.3 is 5.97 Å². The maximum Gasteiger partial charge on any atom is 0.335 e. The van der Waals surface area contributed by atoms with Crippen molar-refractivity contribution in [2.24, 2.45) is 0 Å². The van der Waals surface area contributed by atoms with Crippen LogP contribution >= 0.6 is 0 Å². The van der Waals surface area contributed by atoms with E-state index in [1.54, 1.807) is 24.5 Å². The molecule has 1 aromatic carbocycles. The molecular weight excluding hydrogens is 220 g/mol. The van der Waals surface area contributed by atoms with Crippen molar-refractivity contribution in [2.75, 3.05) is 13.2 Å². The number of hydrogen-bond donors (Lipinski definition) is 1. The van der Waals surface area contributed by atoms with Crippen LogP contribution < -0.4 is 0 Å². The Bertz CT molecular complexity index is 570. The zero-order chi connectivity index (χ0) is 11.8. The highest BCUT2D eigenvalue weighted by atomic mass is 16.5. The summed E-state index contributed by atoms with van der Waals surface area (Å²) in [6.45, 7) is 1.42. The number of rotatable bonds is 2. The highest BCUT2D eigenvalue weighted by Crippen LogP contribution is 2.24. The summed E-state index contributed by atoms with van der Waals surface area (Å²) in [6, 6.07) is 5.25. The summed E-state index contributed by atoms with van der Waals surface area (Å²) in [7, 11) is 0. The molecule has 0 radical (unpaired) electrons. The second-order valence-corrected chi connectivity index (χ2v) is 4.18. The Labute approximate surface area is 97.6 Å². The van der Waals surface area contributed by atoms with Crippen molar-refractivity contribution in [2.45, 2.75) is 12.5 Å². The van der Waals surface area contributed by atoms with Gasteiger partial charge < -0.3 is 14.4 Å². The zero-order valence-electron chi connectivity index (χ0n) is 9.17. The maximum absolute atomic E-state index is 10.9. The van der Waals surface area contributed by atoms with Gasteiger partial charge in [-0.3, -0.25) is 0 Å². The second-order valence-electron chi connectivity index (χ2n) is 4.18. The summed E-state index contributed by atoms with van der Waals surface area (Å²) < 4.78 is 7.35.